The number of rotatable bonds is 6. The van der Waals surface area contributed by atoms with Gasteiger partial charge in [-0.25, -0.2) is 0 Å². The number of nitrogens with one attached hydrogen (secondary N) is 2. The van der Waals surface area contributed by atoms with Crippen LogP contribution in [0.5, 0.6) is 0 Å². The van der Waals surface area contributed by atoms with Gasteiger partial charge in [0, 0.05) is 43.8 Å². The molecular weight excluding hydrogens is 373 g/mol. The Morgan fingerprint density at radius 3 is 2.50 bits per heavy atom. The van der Waals surface area contributed by atoms with Crippen molar-refractivity contribution in [2.75, 3.05) is 50.0 Å². The number of pyridine rings is 1. The topological polar surface area (TPSA) is 66.5 Å². The summed E-state index contributed by atoms with van der Waals surface area (Å²) in [6.45, 7) is 4.85. The van der Waals surface area contributed by atoms with Crippen LogP contribution in [0, 0.1) is 0 Å². The van der Waals surface area contributed by atoms with Crippen molar-refractivity contribution in [1.82, 2.24) is 9.88 Å². The smallest absolute Gasteiger partial charge is 0.384 e. The number of hydrogen-bond acceptors (Lipinski definition) is 5. The minimum atomic E-state index is -4.41. The highest BCUT2D eigenvalue weighted by Crippen LogP contribution is 2.29. The Morgan fingerprint density at radius 1 is 1.11 bits per heavy atom. The third kappa shape index (κ3) is 5.67. The Morgan fingerprint density at radius 2 is 1.82 bits per heavy atom. The molecule has 3 rings (SSSR count). The van der Waals surface area contributed by atoms with Crippen LogP contribution in [0.1, 0.15) is 16.1 Å². The number of ether oxygens (including phenoxy) is 1. The molecule has 0 saturated carbocycles. The Bertz CT molecular complexity index is 791. The SMILES string of the molecule is O=C(Nc1ccc(C(F)(F)F)cc1)c1cc(NCCN2CCOCC2)ccn1. The van der Waals surface area contributed by atoms with Crippen LogP contribution in [0.15, 0.2) is 42.6 Å². The standard InChI is InChI=1S/C19H21F3N4O2/c20-19(21,22)14-1-3-15(4-2-14)25-18(27)17-13-16(5-6-24-17)23-7-8-26-9-11-28-12-10-26/h1-6,13H,7-12H2,(H,23,24)(H,25,27). The number of halogens is 3. The number of aromatic nitrogens is 1. The van der Waals surface area contributed by atoms with Crippen LogP contribution < -0.4 is 10.6 Å². The lowest BCUT2D eigenvalue weighted by Gasteiger charge is -2.26. The first kappa shape index (κ1) is 20.1. The highest BCUT2D eigenvalue weighted by Gasteiger charge is 2.30. The molecule has 9 heteroatoms. The second-order valence-corrected chi connectivity index (χ2v) is 6.34. The number of hydrogen-bond donors (Lipinski definition) is 2. The summed E-state index contributed by atoms with van der Waals surface area (Å²) in [6, 6.07) is 7.64. The van der Waals surface area contributed by atoms with Gasteiger partial charge in [0.25, 0.3) is 5.91 Å². The monoisotopic (exact) mass is 394 g/mol. The van der Waals surface area contributed by atoms with Gasteiger partial charge in [-0.2, -0.15) is 13.2 Å². The van der Waals surface area contributed by atoms with E-state index in [1.807, 2.05) is 0 Å². The predicted molar refractivity (Wildman–Crippen MR) is 99.4 cm³/mol. The van der Waals surface area contributed by atoms with E-state index in [0.717, 1.165) is 50.7 Å². The lowest BCUT2D eigenvalue weighted by atomic mass is 10.2. The largest absolute Gasteiger partial charge is 0.416 e. The normalized spacial score (nSPS) is 15.2. The Labute approximate surface area is 160 Å². The molecule has 2 heterocycles. The molecule has 1 saturated heterocycles. The number of carbonyl (C=O) groups excluding carboxylic acids is 1. The maximum absolute atomic E-state index is 12.6. The average Bonchev–Trinajstić information content (AvgIpc) is 2.69. The zero-order valence-electron chi connectivity index (χ0n) is 15.1. The van der Waals surface area contributed by atoms with E-state index in [4.69, 9.17) is 4.74 Å². The molecule has 0 radical (unpaired) electrons. The molecule has 150 valence electrons. The summed E-state index contributed by atoms with van der Waals surface area (Å²) < 4.78 is 43.1. The minimum Gasteiger partial charge on any atom is -0.384 e. The van der Waals surface area contributed by atoms with Gasteiger partial charge >= 0.3 is 6.18 Å². The Kier molecular flexibility index (Phi) is 6.48. The number of benzene rings is 1. The molecule has 2 aromatic rings. The van der Waals surface area contributed by atoms with Crippen LogP contribution in [-0.2, 0) is 10.9 Å². The van der Waals surface area contributed by atoms with Crippen molar-refractivity contribution in [2.45, 2.75) is 6.18 Å². The fourth-order valence-corrected chi connectivity index (χ4v) is 2.79. The van der Waals surface area contributed by atoms with Crippen molar-refractivity contribution in [3.05, 3.63) is 53.9 Å². The molecule has 28 heavy (non-hydrogen) atoms. The number of amides is 1. The molecule has 1 amide bonds. The van der Waals surface area contributed by atoms with Gasteiger partial charge in [-0.1, -0.05) is 0 Å². The van der Waals surface area contributed by atoms with Crippen molar-refractivity contribution in [3.63, 3.8) is 0 Å². The molecule has 1 aromatic carbocycles. The van der Waals surface area contributed by atoms with Crippen molar-refractivity contribution in [1.29, 1.82) is 0 Å². The summed E-state index contributed by atoms with van der Waals surface area (Å²) in [5.74, 6) is -0.489. The molecule has 1 aromatic heterocycles. The van der Waals surface area contributed by atoms with Crippen LogP contribution in [0.3, 0.4) is 0 Å². The van der Waals surface area contributed by atoms with Gasteiger partial charge in [0.2, 0.25) is 0 Å². The van der Waals surface area contributed by atoms with Gasteiger partial charge in [0.1, 0.15) is 5.69 Å². The van der Waals surface area contributed by atoms with Gasteiger partial charge in [-0.15, -0.1) is 0 Å². The summed E-state index contributed by atoms with van der Waals surface area (Å²) in [6.07, 6.45) is -2.90. The van der Waals surface area contributed by atoms with Crippen LogP contribution in [0.2, 0.25) is 0 Å². The Balaban J connectivity index is 1.54. The number of morpholine rings is 1. The molecule has 0 aliphatic carbocycles. The molecule has 0 atom stereocenters. The van der Waals surface area contributed by atoms with Crippen LogP contribution in [0.4, 0.5) is 24.5 Å². The van der Waals surface area contributed by atoms with E-state index in [0.29, 0.717) is 6.54 Å². The second-order valence-electron chi connectivity index (χ2n) is 6.34. The van der Waals surface area contributed by atoms with Crippen molar-refractivity contribution in [3.8, 4) is 0 Å². The van der Waals surface area contributed by atoms with Gasteiger partial charge in [0.15, 0.2) is 0 Å². The van der Waals surface area contributed by atoms with Crippen LogP contribution in [-0.4, -0.2) is 55.2 Å². The molecule has 2 N–H and O–H groups in total. The first-order valence-corrected chi connectivity index (χ1v) is 8.90. The molecule has 0 bridgehead atoms. The fraction of sp³-hybridized carbons (Fsp3) is 0.368. The lowest BCUT2D eigenvalue weighted by molar-refractivity contribution is -0.137. The lowest BCUT2D eigenvalue weighted by Crippen LogP contribution is -2.39. The van der Waals surface area contributed by atoms with Gasteiger partial charge in [0.05, 0.1) is 18.8 Å². The minimum absolute atomic E-state index is 0.177. The van der Waals surface area contributed by atoms with E-state index in [1.54, 1.807) is 12.1 Å². The first-order chi connectivity index (χ1) is 13.4. The first-order valence-electron chi connectivity index (χ1n) is 8.90. The number of alkyl halides is 3. The molecular formula is C19H21F3N4O2. The van der Waals surface area contributed by atoms with Crippen LogP contribution in [0.25, 0.3) is 0 Å². The maximum Gasteiger partial charge on any atom is 0.416 e. The molecule has 6 nitrogen and oxygen atoms in total. The molecule has 0 spiro atoms. The summed E-state index contributed by atoms with van der Waals surface area (Å²) in [7, 11) is 0. The fourth-order valence-electron chi connectivity index (χ4n) is 2.79. The number of carbonyl (C=O) groups is 1. The second kappa shape index (κ2) is 9.03. The number of anilines is 2. The Hall–Kier alpha value is -2.65. The van der Waals surface area contributed by atoms with Gasteiger partial charge in [-0.05, 0) is 36.4 Å². The van der Waals surface area contributed by atoms with E-state index in [9.17, 15) is 18.0 Å². The highest BCUT2D eigenvalue weighted by atomic mass is 19.4. The summed E-state index contributed by atoms with van der Waals surface area (Å²) in [4.78, 5) is 18.6. The van der Waals surface area contributed by atoms with Gasteiger partial charge in [-0.3, -0.25) is 14.7 Å². The van der Waals surface area contributed by atoms with E-state index in [-0.39, 0.29) is 11.4 Å². The van der Waals surface area contributed by atoms with Crippen molar-refractivity contribution in [2.24, 2.45) is 0 Å². The molecule has 1 aliphatic rings. The van der Waals surface area contributed by atoms with E-state index in [2.05, 4.69) is 20.5 Å². The van der Waals surface area contributed by atoms with E-state index < -0.39 is 17.6 Å². The zero-order chi connectivity index (χ0) is 20.0. The summed E-state index contributed by atoms with van der Waals surface area (Å²) in [5, 5.41) is 5.80. The third-order valence-electron chi connectivity index (χ3n) is 4.32. The molecule has 1 fully saturated rings. The van der Waals surface area contributed by atoms with Crippen LogP contribution >= 0.6 is 0 Å². The summed E-state index contributed by atoms with van der Waals surface area (Å²) >= 11 is 0. The third-order valence-corrected chi connectivity index (χ3v) is 4.32. The van der Waals surface area contributed by atoms with E-state index in [1.165, 1.54) is 18.3 Å². The predicted octanol–water partition coefficient (Wildman–Crippen LogP) is 3.10. The quantitative estimate of drug-likeness (QED) is 0.788. The molecule has 0 unspecified atom stereocenters. The summed E-state index contributed by atoms with van der Waals surface area (Å²) in [5.41, 5.74) is 0.428. The van der Waals surface area contributed by atoms with Crippen molar-refractivity contribution >= 4 is 17.3 Å². The van der Waals surface area contributed by atoms with Crippen molar-refractivity contribution < 1.29 is 22.7 Å². The zero-order valence-corrected chi connectivity index (χ0v) is 15.1. The highest BCUT2D eigenvalue weighted by molar-refractivity contribution is 6.03. The van der Waals surface area contributed by atoms with E-state index >= 15 is 0 Å². The number of nitrogens with zero attached hydrogens (tertiary/aromatic N) is 2. The molecule has 1 aliphatic heterocycles. The van der Waals surface area contributed by atoms with Gasteiger partial charge < -0.3 is 15.4 Å². The average molecular weight is 394 g/mol. The maximum atomic E-state index is 12.6.